The molecule has 4 heteroatoms. The van der Waals surface area contributed by atoms with Crippen molar-refractivity contribution >= 4 is 5.97 Å². The Morgan fingerprint density at radius 2 is 1.21 bits per heavy atom. The van der Waals surface area contributed by atoms with Crippen molar-refractivity contribution in [3.63, 3.8) is 0 Å². The van der Waals surface area contributed by atoms with Gasteiger partial charge < -0.3 is 14.9 Å². The number of hydrogen-bond donors (Lipinski definition) is 2. The normalized spacial score (nSPS) is 10.2. The van der Waals surface area contributed by atoms with Crippen LogP contribution in [0.3, 0.4) is 0 Å². The molecule has 0 heterocycles. The molecule has 0 aliphatic rings. The Kier molecular flexibility index (Phi) is 19.1. The predicted molar refractivity (Wildman–Crippen MR) is 117 cm³/mol. The Morgan fingerprint density at radius 3 is 1.61 bits per heavy atom. The van der Waals surface area contributed by atoms with Crippen LogP contribution in [0, 0.1) is 0 Å². The van der Waals surface area contributed by atoms with Gasteiger partial charge in [-0.25, -0.2) is 4.79 Å². The minimum atomic E-state index is -0.525. The van der Waals surface area contributed by atoms with E-state index >= 15 is 0 Å². The second-order valence-corrected chi connectivity index (χ2v) is 7.33. The largest absolute Gasteiger partial charge is 0.507 e. The Hall–Kier alpha value is -1.55. The first-order chi connectivity index (χ1) is 13.7. The molecule has 4 nitrogen and oxygen atoms in total. The van der Waals surface area contributed by atoms with Crippen molar-refractivity contribution in [1.29, 1.82) is 0 Å². The molecule has 162 valence electrons. The molecular weight excluding hydrogens is 352 g/mol. The number of methoxy groups -OCH3 is 1. The lowest BCUT2D eigenvalue weighted by Crippen LogP contribution is -2.00. The highest BCUT2D eigenvalue weighted by molar-refractivity contribution is 5.92. The zero-order valence-corrected chi connectivity index (χ0v) is 18.1. The molecule has 1 rings (SSSR count). The summed E-state index contributed by atoms with van der Waals surface area (Å²) in [6.07, 6.45) is 19.2. The fourth-order valence-corrected chi connectivity index (χ4v) is 3.06. The van der Waals surface area contributed by atoms with Crippen LogP contribution < -0.4 is 0 Å². The number of phenolic OH excluding ortho intramolecular Hbond substituents is 1. The second kappa shape index (κ2) is 20.2. The van der Waals surface area contributed by atoms with Crippen molar-refractivity contribution in [3.05, 3.63) is 29.8 Å². The van der Waals surface area contributed by atoms with Gasteiger partial charge in [-0.1, -0.05) is 103 Å². The number of aliphatic hydroxyl groups excluding tert-OH is 1. The van der Waals surface area contributed by atoms with Crippen LogP contribution in [-0.2, 0) is 4.74 Å². The van der Waals surface area contributed by atoms with Gasteiger partial charge in [0.25, 0.3) is 0 Å². The number of aliphatic hydroxyl groups is 1. The summed E-state index contributed by atoms with van der Waals surface area (Å²) in [6, 6.07) is 6.24. The van der Waals surface area contributed by atoms with Gasteiger partial charge in [-0.3, -0.25) is 0 Å². The minimum Gasteiger partial charge on any atom is -0.507 e. The van der Waals surface area contributed by atoms with Crippen LogP contribution in [0.1, 0.15) is 107 Å². The van der Waals surface area contributed by atoms with Gasteiger partial charge in [-0.05, 0) is 18.6 Å². The molecule has 0 unspecified atom stereocenters. The average molecular weight is 395 g/mol. The fraction of sp³-hybridized carbons (Fsp3) is 0.708. The Bertz CT molecular complexity index is 459. The number of para-hydroxylation sites is 1. The zero-order valence-electron chi connectivity index (χ0n) is 18.1. The van der Waals surface area contributed by atoms with Gasteiger partial charge >= 0.3 is 5.97 Å². The summed E-state index contributed by atoms with van der Waals surface area (Å²) in [5, 5.41) is 17.8. The number of aromatic hydroxyl groups is 1. The Labute approximate surface area is 172 Å². The highest BCUT2D eigenvalue weighted by Gasteiger charge is 2.08. The molecule has 0 aliphatic heterocycles. The van der Waals surface area contributed by atoms with E-state index in [4.69, 9.17) is 10.2 Å². The van der Waals surface area contributed by atoms with Gasteiger partial charge in [-0.2, -0.15) is 0 Å². The summed E-state index contributed by atoms with van der Waals surface area (Å²) in [7, 11) is 1.27. The van der Waals surface area contributed by atoms with Crippen LogP contribution in [0.5, 0.6) is 5.75 Å². The molecule has 0 aliphatic carbocycles. The van der Waals surface area contributed by atoms with Crippen molar-refractivity contribution < 1.29 is 19.7 Å². The van der Waals surface area contributed by atoms with Crippen LogP contribution >= 0.6 is 0 Å². The highest BCUT2D eigenvalue weighted by atomic mass is 16.5. The maximum atomic E-state index is 10.9. The van der Waals surface area contributed by atoms with E-state index in [-0.39, 0.29) is 11.3 Å². The van der Waals surface area contributed by atoms with Crippen LogP contribution in [0.25, 0.3) is 0 Å². The zero-order chi connectivity index (χ0) is 20.9. The topological polar surface area (TPSA) is 66.8 Å². The third kappa shape index (κ3) is 15.5. The predicted octanol–water partition coefficient (Wildman–Crippen LogP) is 6.64. The molecule has 0 bridgehead atoms. The van der Waals surface area contributed by atoms with E-state index < -0.39 is 5.97 Å². The van der Waals surface area contributed by atoms with E-state index in [0.717, 1.165) is 6.42 Å². The molecule has 0 aromatic heterocycles. The number of unbranched alkanes of at least 4 members (excludes halogenated alkanes) is 13. The molecule has 1 aromatic rings. The Morgan fingerprint density at radius 1 is 0.786 bits per heavy atom. The molecule has 28 heavy (non-hydrogen) atoms. The van der Waals surface area contributed by atoms with Gasteiger partial charge in [-0.15, -0.1) is 0 Å². The fourth-order valence-electron chi connectivity index (χ4n) is 3.06. The van der Waals surface area contributed by atoms with Crippen LogP contribution in [-0.4, -0.2) is 29.9 Å². The first-order valence-electron chi connectivity index (χ1n) is 11.1. The lowest BCUT2D eigenvalue weighted by atomic mass is 10.0. The van der Waals surface area contributed by atoms with Gasteiger partial charge in [0, 0.05) is 6.61 Å². The molecular formula is C24H42O4. The average Bonchev–Trinajstić information content (AvgIpc) is 2.72. The first-order valence-corrected chi connectivity index (χ1v) is 11.1. The smallest absolute Gasteiger partial charge is 0.341 e. The number of ether oxygens (including phenoxy) is 1. The summed E-state index contributed by atoms with van der Waals surface area (Å²) in [4.78, 5) is 10.9. The lowest BCUT2D eigenvalue weighted by Gasteiger charge is -2.02. The molecule has 0 spiro atoms. The summed E-state index contributed by atoms with van der Waals surface area (Å²) < 4.78 is 4.42. The molecule has 0 saturated carbocycles. The van der Waals surface area contributed by atoms with E-state index in [9.17, 15) is 4.79 Å². The monoisotopic (exact) mass is 394 g/mol. The molecule has 2 N–H and O–H groups in total. The minimum absolute atomic E-state index is 0.0562. The van der Waals surface area contributed by atoms with E-state index in [2.05, 4.69) is 11.7 Å². The third-order valence-electron chi connectivity index (χ3n) is 4.82. The maximum Gasteiger partial charge on any atom is 0.341 e. The van der Waals surface area contributed by atoms with E-state index in [1.54, 1.807) is 12.1 Å². The molecule has 0 radical (unpaired) electrons. The number of hydrogen-bond acceptors (Lipinski definition) is 4. The number of carbonyl (C=O) groups excluding carboxylic acids is 1. The van der Waals surface area contributed by atoms with Gasteiger partial charge in [0.2, 0.25) is 0 Å². The van der Waals surface area contributed by atoms with E-state index in [0.29, 0.717) is 6.61 Å². The van der Waals surface area contributed by atoms with Crippen molar-refractivity contribution in [3.8, 4) is 5.75 Å². The Balaban J connectivity index is 0.000000567. The number of benzene rings is 1. The van der Waals surface area contributed by atoms with Gasteiger partial charge in [0.15, 0.2) is 0 Å². The summed E-state index contributed by atoms with van der Waals surface area (Å²) >= 11 is 0. The maximum absolute atomic E-state index is 10.9. The van der Waals surface area contributed by atoms with Crippen molar-refractivity contribution in [2.45, 2.75) is 96.8 Å². The SMILES string of the molecule is CCCCCCCCCCCCCCCCO.COC(=O)c1ccccc1O. The van der Waals surface area contributed by atoms with Crippen molar-refractivity contribution in [1.82, 2.24) is 0 Å². The van der Waals surface area contributed by atoms with Gasteiger partial charge in [0.05, 0.1) is 7.11 Å². The van der Waals surface area contributed by atoms with Crippen LogP contribution in [0.4, 0.5) is 0 Å². The third-order valence-corrected chi connectivity index (χ3v) is 4.82. The van der Waals surface area contributed by atoms with Crippen LogP contribution in [0.2, 0.25) is 0 Å². The molecule has 0 amide bonds. The van der Waals surface area contributed by atoms with E-state index in [1.807, 2.05) is 0 Å². The highest BCUT2D eigenvalue weighted by Crippen LogP contribution is 2.16. The number of rotatable bonds is 15. The number of esters is 1. The molecule has 1 aromatic carbocycles. The summed E-state index contributed by atoms with van der Waals surface area (Å²) in [5.41, 5.74) is 0.190. The molecule has 0 saturated heterocycles. The van der Waals surface area contributed by atoms with Crippen molar-refractivity contribution in [2.75, 3.05) is 13.7 Å². The van der Waals surface area contributed by atoms with Crippen molar-refractivity contribution in [2.24, 2.45) is 0 Å². The second-order valence-electron chi connectivity index (χ2n) is 7.33. The lowest BCUT2D eigenvalue weighted by molar-refractivity contribution is 0.0597. The molecule has 0 fully saturated rings. The van der Waals surface area contributed by atoms with E-state index in [1.165, 1.54) is 103 Å². The summed E-state index contributed by atoms with van der Waals surface area (Å²) in [5.74, 6) is -0.581. The number of phenols is 1. The van der Waals surface area contributed by atoms with Gasteiger partial charge in [0.1, 0.15) is 11.3 Å². The standard InChI is InChI=1S/C16H34O.C8H8O3/c1-2-3-4-5-6-7-8-9-10-11-12-13-14-15-16-17;1-11-8(10)6-4-2-3-5-7(6)9/h17H,2-16H2,1H3;2-5,9H,1H3. The summed E-state index contributed by atoms with van der Waals surface area (Å²) in [6.45, 7) is 2.65. The molecule has 0 atom stereocenters. The van der Waals surface area contributed by atoms with Crippen LogP contribution in [0.15, 0.2) is 24.3 Å². The first kappa shape index (κ1) is 26.4. The quantitative estimate of drug-likeness (QED) is 0.258. The number of carbonyl (C=O) groups is 1.